The second-order valence-corrected chi connectivity index (χ2v) is 7.60. The molecule has 0 fully saturated rings. The molecule has 1 heterocycles. The Labute approximate surface area is 153 Å². The lowest BCUT2D eigenvalue weighted by atomic mass is 10.1. The molecule has 3 aromatic rings. The molecule has 0 aliphatic carbocycles. The summed E-state index contributed by atoms with van der Waals surface area (Å²) in [7, 11) is -3.92. The molecule has 0 bridgehead atoms. The summed E-state index contributed by atoms with van der Waals surface area (Å²) in [5, 5.41) is 0.753. The highest BCUT2D eigenvalue weighted by Gasteiger charge is 2.20. The van der Waals surface area contributed by atoms with Crippen LogP contribution in [0.5, 0.6) is 11.5 Å². The Balaban J connectivity index is 1.99. The van der Waals surface area contributed by atoms with Crippen molar-refractivity contribution in [3.8, 4) is 11.5 Å². The number of amides is 1. The van der Waals surface area contributed by atoms with Gasteiger partial charge in [0.05, 0.1) is 11.8 Å². The number of halogens is 2. The van der Waals surface area contributed by atoms with Crippen LogP contribution in [0.4, 0.5) is 8.78 Å². The van der Waals surface area contributed by atoms with Crippen LogP contribution in [0.25, 0.3) is 10.9 Å². The van der Waals surface area contributed by atoms with Crippen molar-refractivity contribution in [1.29, 1.82) is 0 Å². The molecule has 0 saturated carbocycles. The molecule has 6 nitrogen and oxygen atoms in total. The van der Waals surface area contributed by atoms with Crippen LogP contribution in [0.3, 0.4) is 0 Å². The Hall–Kier alpha value is -3.07. The lowest BCUT2D eigenvalue weighted by molar-refractivity contribution is 0.0977. The average molecular weight is 392 g/mol. The third kappa shape index (κ3) is 4.20. The summed E-state index contributed by atoms with van der Waals surface area (Å²) in [5.41, 5.74) is 0.436. The molecule has 1 N–H and O–H groups in total. The number of carbonyl (C=O) groups is 1. The number of hydrogen-bond donors (Lipinski definition) is 1. The minimum atomic E-state index is -3.92. The lowest BCUT2D eigenvalue weighted by Gasteiger charge is -2.11. The maximum Gasteiger partial charge on any atom is 0.267 e. The van der Waals surface area contributed by atoms with E-state index in [1.807, 2.05) is 12.1 Å². The number of aromatic nitrogens is 1. The SMILES string of the molecule is Cc1ccc2cccc(Oc3cc(F)c(C(=O)NS(C)(=O)=O)cc3F)c2n1. The van der Waals surface area contributed by atoms with Crippen molar-refractivity contribution in [2.24, 2.45) is 0 Å². The molecule has 0 saturated heterocycles. The third-order valence-electron chi connectivity index (χ3n) is 3.59. The van der Waals surface area contributed by atoms with E-state index in [4.69, 9.17) is 4.74 Å². The number of benzene rings is 2. The van der Waals surface area contributed by atoms with Crippen molar-refractivity contribution >= 4 is 26.8 Å². The molecule has 9 heteroatoms. The zero-order valence-corrected chi connectivity index (χ0v) is 15.1. The minimum absolute atomic E-state index is 0.211. The molecule has 140 valence electrons. The van der Waals surface area contributed by atoms with Gasteiger partial charge in [0.1, 0.15) is 11.3 Å². The van der Waals surface area contributed by atoms with E-state index in [1.165, 1.54) is 0 Å². The topological polar surface area (TPSA) is 85.4 Å². The van der Waals surface area contributed by atoms with Crippen molar-refractivity contribution < 1.29 is 26.7 Å². The summed E-state index contributed by atoms with van der Waals surface area (Å²) in [6, 6.07) is 9.91. The summed E-state index contributed by atoms with van der Waals surface area (Å²) in [6.45, 7) is 1.78. The lowest BCUT2D eigenvalue weighted by Crippen LogP contribution is -2.30. The smallest absolute Gasteiger partial charge is 0.267 e. The Kier molecular flexibility index (Phi) is 4.79. The molecule has 1 amide bonds. The van der Waals surface area contributed by atoms with Gasteiger partial charge in [-0.3, -0.25) is 4.79 Å². The molecule has 27 heavy (non-hydrogen) atoms. The van der Waals surface area contributed by atoms with Gasteiger partial charge in [0, 0.05) is 17.1 Å². The Morgan fingerprint density at radius 2 is 1.81 bits per heavy atom. The van der Waals surface area contributed by atoms with Crippen LogP contribution in [0.1, 0.15) is 16.1 Å². The highest BCUT2D eigenvalue weighted by Crippen LogP contribution is 2.31. The highest BCUT2D eigenvalue weighted by atomic mass is 32.2. The number of nitrogens with zero attached hydrogens (tertiary/aromatic N) is 1. The molecule has 2 aromatic carbocycles. The summed E-state index contributed by atoms with van der Waals surface area (Å²) in [6.07, 6.45) is 0.728. The van der Waals surface area contributed by atoms with Gasteiger partial charge in [0.25, 0.3) is 5.91 Å². The van der Waals surface area contributed by atoms with Crippen LogP contribution in [0, 0.1) is 18.6 Å². The predicted octanol–water partition coefficient (Wildman–Crippen LogP) is 3.30. The van der Waals surface area contributed by atoms with Gasteiger partial charge in [-0.2, -0.15) is 0 Å². The number of pyridine rings is 1. The van der Waals surface area contributed by atoms with Crippen LogP contribution >= 0.6 is 0 Å². The van der Waals surface area contributed by atoms with E-state index in [9.17, 15) is 22.0 Å². The summed E-state index contributed by atoms with van der Waals surface area (Å²) >= 11 is 0. The molecule has 0 spiro atoms. The molecule has 0 aliphatic rings. The van der Waals surface area contributed by atoms with Crippen LogP contribution in [0.2, 0.25) is 0 Å². The van der Waals surface area contributed by atoms with Gasteiger partial charge in [0.15, 0.2) is 17.3 Å². The van der Waals surface area contributed by atoms with Crippen LogP contribution in [0.15, 0.2) is 42.5 Å². The van der Waals surface area contributed by atoms with Gasteiger partial charge in [-0.25, -0.2) is 26.9 Å². The summed E-state index contributed by atoms with van der Waals surface area (Å²) < 4.78 is 57.8. The van der Waals surface area contributed by atoms with Gasteiger partial charge in [-0.15, -0.1) is 0 Å². The standard InChI is InChI=1S/C18H14F2N2O4S/c1-10-6-7-11-4-3-5-15(17(11)21-10)26-16-9-13(19)12(8-14(16)20)18(23)22-27(2,24)25/h3-9H,1-2H3,(H,22,23). The van der Waals surface area contributed by atoms with Gasteiger partial charge in [-0.1, -0.05) is 18.2 Å². The molecular formula is C18H14F2N2O4S. The van der Waals surface area contributed by atoms with E-state index in [1.54, 1.807) is 29.8 Å². The fraction of sp³-hybridized carbons (Fsp3) is 0.111. The number of nitrogens with one attached hydrogen (secondary N) is 1. The van der Waals surface area contributed by atoms with Crippen LogP contribution in [-0.2, 0) is 10.0 Å². The fourth-order valence-corrected chi connectivity index (χ4v) is 2.87. The largest absolute Gasteiger partial charge is 0.452 e. The second-order valence-electron chi connectivity index (χ2n) is 5.85. The fourth-order valence-electron chi connectivity index (χ4n) is 2.42. The highest BCUT2D eigenvalue weighted by molar-refractivity contribution is 7.89. The summed E-state index contributed by atoms with van der Waals surface area (Å²) in [4.78, 5) is 16.1. The predicted molar refractivity (Wildman–Crippen MR) is 95.2 cm³/mol. The minimum Gasteiger partial charge on any atom is -0.452 e. The van der Waals surface area contributed by atoms with E-state index in [-0.39, 0.29) is 5.75 Å². The quantitative estimate of drug-likeness (QED) is 0.736. The second kappa shape index (κ2) is 6.92. The molecule has 0 aliphatic heterocycles. The van der Waals surface area contributed by atoms with E-state index in [2.05, 4.69) is 4.98 Å². The van der Waals surface area contributed by atoms with Crippen molar-refractivity contribution in [3.05, 3.63) is 65.4 Å². The van der Waals surface area contributed by atoms with E-state index in [0.717, 1.165) is 17.3 Å². The van der Waals surface area contributed by atoms with Gasteiger partial charge in [-0.05, 0) is 25.1 Å². The maximum absolute atomic E-state index is 14.3. The number of rotatable bonds is 4. The zero-order chi connectivity index (χ0) is 19.8. The maximum atomic E-state index is 14.3. The summed E-state index contributed by atoms with van der Waals surface area (Å²) in [5.74, 6) is -3.68. The van der Waals surface area contributed by atoms with Crippen molar-refractivity contribution in [1.82, 2.24) is 9.71 Å². The van der Waals surface area contributed by atoms with E-state index in [0.29, 0.717) is 17.6 Å². The number of sulfonamides is 1. The molecule has 3 rings (SSSR count). The molecule has 0 atom stereocenters. The van der Waals surface area contributed by atoms with Gasteiger partial charge < -0.3 is 4.74 Å². The third-order valence-corrected chi connectivity index (χ3v) is 4.14. The monoisotopic (exact) mass is 392 g/mol. The van der Waals surface area contributed by atoms with Crippen LogP contribution < -0.4 is 9.46 Å². The van der Waals surface area contributed by atoms with E-state index < -0.39 is 38.9 Å². The van der Waals surface area contributed by atoms with Gasteiger partial charge >= 0.3 is 0 Å². The van der Waals surface area contributed by atoms with Gasteiger partial charge in [0.2, 0.25) is 10.0 Å². The number of aryl methyl sites for hydroxylation is 1. The Morgan fingerprint density at radius 1 is 1.07 bits per heavy atom. The van der Waals surface area contributed by atoms with Crippen molar-refractivity contribution in [2.75, 3.05) is 6.26 Å². The molecule has 0 radical (unpaired) electrons. The molecule has 0 unspecified atom stereocenters. The zero-order valence-electron chi connectivity index (χ0n) is 14.3. The number of para-hydroxylation sites is 1. The van der Waals surface area contributed by atoms with E-state index >= 15 is 0 Å². The van der Waals surface area contributed by atoms with Crippen molar-refractivity contribution in [3.63, 3.8) is 0 Å². The van der Waals surface area contributed by atoms with Crippen LogP contribution in [-0.4, -0.2) is 25.6 Å². The average Bonchev–Trinajstić information content (AvgIpc) is 2.56. The first-order valence-corrected chi connectivity index (χ1v) is 9.58. The first kappa shape index (κ1) is 18.7. The molecular weight excluding hydrogens is 378 g/mol. The Bertz CT molecular complexity index is 1160. The first-order valence-electron chi connectivity index (χ1n) is 7.69. The number of ether oxygens (including phenoxy) is 1. The normalized spacial score (nSPS) is 11.4. The van der Waals surface area contributed by atoms with Crippen molar-refractivity contribution in [2.45, 2.75) is 6.92 Å². The first-order chi connectivity index (χ1) is 12.6. The number of carbonyl (C=O) groups excluding carboxylic acids is 1. The number of hydrogen-bond acceptors (Lipinski definition) is 5. The number of fused-ring (bicyclic) bond motifs is 1. The Morgan fingerprint density at radius 3 is 2.52 bits per heavy atom. The molecule has 1 aromatic heterocycles.